The Hall–Kier alpha value is -3.36. The normalized spacial score (nSPS) is 18.1. The van der Waals surface area contributed by atoms with Gasteiger partial charge in [-0.05, 0) is 52.2 Å². The van der Waals surface area contributed by atoms with Gasteiger partial charge in [0.25, 0.3) is 0 Å². The fourth-order valence-electron chi connectivity index (χ4n) is 4.39. The molecule has 170 valence electrons. The number of ether oxygens (including phenoxy) is 1. The van der Waals surface area contributed by atoms with Crippen LogP contribution in [-0.2, 0) is 11.3 Å². The number of hydrazone groups is 1. The van der Waals surface area contributed by atoms with Crippen LogP contribution in [0.2, 0.25) is 0 Å². The Labute approximate surface area is 188 Å². The van der Waals surface area contributed by atoms with E-state index in [0.29, 0.717) is 18.8 Å². The number of nitrogens with two attached hydrogens (primary N) is 1. The maximum absolute atomic E-state index is 12.0. The number of imidazole rings is 1. The van der Waals surface area contributed by atoms with E-state index in [9.17, 15) is 4.79 Å². The second-order valence-electron chi connectivity index (χ2n) is 8.44. The van der Waals surface area contributed by atoms with Gasteiger partial charge in [0.1, 0.15) is 29.9 Å². The predicted molar refractivity (Wildman–Crippen MR) is 125 cm³/mol. The van der Waals surface area contributed by atoms with E-state index in [0.717, 1.165) is 48.6 Å². The van der Waals surface area contributed by atoms with Crippen LogP contribution < -0.4 is 15.4 Å². The number of carbonyl (C=O) groups is 1. The van der Waals surface area contributed by atoms with Crippen molar-refractivity contribution in [1.82, 2.24) is 14.6 Å². The summed E-state index contributed by atoms with van der Waals surface area (Å²) in [6, 6.07) is 5.72. The van der Waals surface area contributed by atoms with Gasteiger partial charge in [-0.1, -0.05) is 0 Å². The fourth-order valence-corrected chi connectivity index (χ4v) is 4.39. The van der Waals surface area contributed by atoms with Crippen LogP contribution >= 0.6 is 0 Å². The lowest BCUT2D eigenvalue weighted by Crippen LogP contribution is -2.47. The monoisotopic (exact) mass is 437 g/mol. The third-order valence-corrected chi connectivity index (χ3v) is 5.94. The zero-order valence-corrected chi connectivity index (χ0v) is 18.9. The first kappa shape index (κ1) is 21.9. The summed E-state index contributed by atoms with van der Waals surface area (Å²) in [6.45, 7) is 7.74. The van der Waals surface area contributed by atoms with Crippen molar-refractivity contribution in [2.24, 2.45) is 10.8 Å². The van der Waals surface area contributed by atoms with Gasteiger partial charge in [-0.25, -0.2) is 9.99 Å². The molecule has 0 saturated carbocycles. The molecule has 0 radical (unpaired) electrons. The lowest BCUT2D eigenvalue weighted by Gasteiger charge is -2.35. The Morgan fingerprint density at radius 1 is 1.38 bits per heavy atom. The molecule has 9 nitrogen and oxygen atoms in total. The first-order chi connectivity index (χ1) is 15.4. The van der Waals surface area contributed by atoms with Gasteiger partial charge in [0, 0.05) is 36.8 Å². The van der Waals surface area contributed by atoms with Crippen molar-refractivity contribution in [1.29, 1.82) is 5.41 Å². The number of anilines is 1. The molecule has 1 atom stereocenters. The number of amidine groups is 1. The minimum Gasteiger partial charge on any atom is -0.491 e. The highest BCUT2D eigenvalue weighted by Crippen LogP contribution is 2.37. The minimum atomic E-state index is -0.289. The number of fused-ring (bicyclic) bond motifs is 3. The Morgan fingerprint density at radius 3 is 2.91 bits per heavy atom. The van der Waals surface area contributed by atoms with E-state index >= 15 is 0 Å². The van der Waals surface area contributed by atoms with Crippen molar-refractivity contribution < 1.29 is 9.53 Å². The molecule has 1 aromatic carbocycles. The van der Waals surface area contributed by atoms with Crippen LogP contribution in [0.3, 0.4) is 0 Å². The molecular weight excluding hydrogens is 406 g/mol. The number of piperidine rings is 1. The van der Waals surface area contributed by atoms with Crippen LogP contribution in [0, 0.1) is 5.41 Å². The molecule has 1 aromatic heterocycles. The number of carbonyl (C=O) groups excluding carboxylic acids is 1. The van der Waals surface area contributed by atoms with Gasteiger partial charge in [0.15, 0.2) is 5.84 Å². The largest absolute Gasteiger partial charge is 0.491 e. The first-order valence-electron chi connectivity index (χ1n) is 11.2. The van der Waals surface area contributed by atoms with Crippen LogP contribution in [0.1, 0.15) is 45.7 Å². The van der Waals surface area contributed by atoms with Gasteiger partial charge in [0.2, 0.25) is 5.91 Å². The summed E-state index contributed by atoms with van der Waals surface area (Å²) in [6.07, 6.45) is 6.38. The summed E-state index contributed by atoms with van der Waals surface area (Å²) < 4.78 is 8.07. The van der Waals surface area contributed by atoms with Crippen molar-refractivity contribution in [2.45, 2.75) is 58.7 Å². The summed E-state index contributed by atoms with van der Waals surface area (Å²) in [4.78, 5) is 18.8. The zero-order valence-electron chi connectivity index (χ0n) is 18.9. The van der Waals surface area contributed by atoms with Crippen molar-refractivity contribution in [3.8, 4) is 17.1 Å². The van der Waals surface area contributed by atoms with E-state index in [1.165, 1.54) is 0 Å². The average Bonchev–Trinajstić information content (AvgIpc) is 3.13. The average molecular weight is 438 g/mol. The highest BCUT2D eigenvalue weighted by atomic mass is 16.5. The Bertz CT molecular complexity index is 1040. The second-order valence-corrected chi connectivity index (χ2v) is 8.44. The van der Waals surface area contributed by atoms with E-state index in [-0.39, 0.29) is 23.8 Å². The molecule has 1 saturated heterocycles. The van der Waals surface area contributed by atoms with Crippen LogP contribution in [0.4, 0.5) is 5.69 Å². The molecule has 0 aliphatic carbocycles. The molecule has 1 fully saturated rings. The van der Waals surface area contributed by atoms with Crippen molar-refractivity contribution in [3.05, 3.63) is 30.1 Å². The number of rotatable bonds is 5. The minimum absolute atomic E-state index is 0.0427. The summed E-state index contributed by atoms with van der Waals surface area (Å²) in [5, 5.41) is 14.6. The standard InChI is InChI=1S/C23H31N7O2/c1-4-26-30(15(2)3)21(24)18-14-28-11-12-32-20-13-16(8-9-17(20)23(28)27-18)29-10-6-5-7-19(29)22(25)31/h4,8-9,13-15,19,24H,5-7,10-12H2,1-3H3,(H2,25,31)/b24-21?,26-4-. The number of benzene rings is 1. The first-order valence-corrected chi connectivity index (χ1v) is 11.2. The smallest absolute Gasteiger partial charge is 0.240 e. The summed E-state index contributed by atoms with van der Waals surface area (Å²) in [7, 11) is 0. The fraction of sp³-hybridized carbons (Fsp3) is 0.478. The molecule has 2 aliphatic rings. The summed E-state index contributed by atoms with van der Waals surface area (Å²) >= 11 is 0. The number of hydrogen-bond acceptors (Lipinski definition) is 6. The molecular formula is C23H31N7O2. The number of aromatic nitrogens is 2. The number of amides is 1. The Balaban J connectivity index is 1.68. The number of nitrogens with zero attached hydrogens (tertiary/aromatic N) is 5. The van der Waals surface area contributed by atoms with Gasteiger partial charge >= 0.3 is 0 Å². The highest BCUT2D eigenvalue weighted by Gasteiger charge is 2.29. The quantitative estimate of drug-likeness (QED) is 0.424. The Kier molecular flexibility index (Phi) is 6.16. The van der Waals surface area contributed by atoms with Gasteiger partial charge in [-0.15, -0.1) is 0 Å². The van der Waals surface area contributed by atoms with E-state index < -0.39 is 0 Å². The van der Waals surface area contributed by atoms with Gasteiger partial charge in [-0.3, -0.25) is 10.2 Å². The highest BCUT2D eigenvalue weighted by molar-refractivity contribution is 5.95. The third-order valence-electron chi connectivity index (χ3n) is 5.94. The maximum atomic E-state index is 12.0. The molecule has 32 heavy (non-hydrogen) atoms. The summed E-state index contributed by atoms with van der Waals surface area (Å²) in [5.41, 5.74) is 8.03. The lowest BCUT2D eigenvalue weighted by molar-refractivity contribution is -0.119. The van der Waals surface area contributed by atoms with Crippen molar-refractivity contribution in [2.75, 3.05) is 18.1 Å². The van der Waals surface area contributed by atoms with Crippen LogP contribution in [-0.4, -0.2) is 57.8 Å². The molecule has 9 heteroatoms. The van der Waals surface area contributed by atoms with E-state index in [4.69, 9.17) is 20.9 Å². The van der Waals surface area contributed by atoms with Crippen LogP contribution in [0.5, 0.6) is 5.75 Å². The summed E-state index contributed by atoms with van der Waals surface area (Å²) in [5.74, 6) is 1.46. The van der Waals surface area contributed by atoms with E-state index in [2.05, 4.69) is 10.0 Å². The molecule has 2 aromatic rings. The van der Waals surface area contributed by atoms with Gasteiger partial charge < -0.3 is 19.9 Å². The van der Waals surface area contributed by atoms with Crippen LogP contribution in [0.25, 0.3) is 11.4 Å². The predicted octanol–water partition coefficient (Wildman–Crippen LogP) is 2.83. The van der Waals surface area contributed by atoms with Crippen molar-refractivity contribution in [3.63, 3.8) is 0 Å². The van der Waals surface area contributed by atoms with Crippen molar-refractivity contribution >= 4 is 23.6 Å². The van der Waals surface area contributed by atoms with Gasteiger partial charge in [-0.2, -0.15) is 5.10 Å². The molecule has 1 unspecified atom stereocenters. The molecule has 2 aliphatic heterocycles. The number of hydrogen-bond donors (Lipinski definition) is 2. The SMILES string of the molecule is C/C=N\N(C(=N)c1cn2c(n1)-c1ccc(N3CCCCC3C(N)=O)cc1OCC2)C(C)C. The lowest BCUT2D eigenvalue weighted by atomic mass is 10.00. The zero-order chi connectivity index (χ0) is 22.8. The molecule has 0 spiro atoms. The van der Waals surface area contributed by atoms with E-state index in [1.54, 1.807) is 11.2 Å². The molecule has 3 heterocycles. The number of primary amides is 1. The molecule has 3 N–H and O–H groups in total. The van der Waals surface area contributed by atoms with E-state index in [1.807, 2.05) is 49.7 Å². The molecule has 0 bridgehead atoms. The number of nitrogens with one attached hydrogen (secondary N) is 1. The Morgan fingerprint density at radius 2 is 2.19 bits per heavy atom. The molecule has 4 rings (SSSR count). The van der Waals surface area contributed by atoms with Gasteiger partial charge in [0.05, 0.1) is 12.1 Å². The maximum Gasteiger partial charge on any atom is 0.240 e. The van der Waals surface area contributed by atoms with Crippen LogP contribution in [0.15, 0.2) is 29.5 Å². The third kappa shape index (κ3) is 4.06. The second kappa shape index (κ2) is 9.02. The molecule has 1 amide bonds. The topological polar surface area (TPSA) is 113 Å².